The van der Waals surface area contributed by atoms with Crippen molar-refractivity contribution in [1.82, 2.24) is 15.0 Å². The van der Waals surface area contributed by atoms with Crippen LogP contribution < -0.4 is 5.73 Å². The summed E-state index contributed by atoms with van der Waals surface area (Å²) in [5.74, 6) is 0. The van der Waals surface area contributed by atoms with Crippen molar-refractivity contribution in [2.45, 2.75) is 39.5 Å². The molecule has 5 nitrogen and oxygen atoms in total. The molecule has 0 spiro atoms. The maximum Gasteiger partial charge on any atom is 0.0991 e. The Balaban J connectivity index is 2.62. The molecule has 0 bridgehead atoms. The number of aryl methyl sites for hydroxylation is 1. The van der Waals surface area contributed by atoms with Crippen LogP contribution in [-0.2, 0) is 13.1 Å². The van der Waals surface area contributed by atoms with Gasteiger partial charge in [0.25, 0.3) is 0 Å². The normalized spacial score (nSPS) is 13.2. The smallest absolute Gasteiger partial charge is 0.0991 e. The van der Waals surface area contributed by atoms with E-state index in [2.05, 4.69) is 10.3 Å². The van der Waals surface area contributed by atoms with Crippen LogP contribution >= 0.6 is 0 Å². The largest absolute Gasteiger partial charge is 0.393 e. The minimum absolute atomic E-state index is 0.301. The predicted octanol–water partition coefficient (Wildman–Crippen LogP) is -0.184. The number of rotatable bonds is 4. The standard InChI is InChI=1S/C8H16N4O/c1-6(13)3-4-12-7(2)8(5-9)10-11-12/h6,13H,3-5,9H2,1-2H3. The Morgan fingerprint density at radius 3 is 2.77 bits per heavy atom. The Morgan fingerprint density at radius 1 is 1.62 bits per heavy atom. The highest BCUT2D eigenvalue weighted by Crippen LogP contribution is 2.04. The van der Waals surface area contributed by atoms with Gasteiger partial charge >= 0.3 is 0 Å². The van der Waals surface area contributed by atoms with Gasteiger partial charge in [0.15, 0.2) is 0 Å². The Morgan fingerprint density at radius 2 is 2.31 bits per heavy atom. The first-order chi connectivity index (χ1) is 6.15. The van der Waals surface area contributed by atoms with E-state index in [1.54, 1.807) is 11.6 Å². The lowest BCUT2D eigenvalue weighted by Gasteiger charge is -2.05. The van der Waals surface area contributed by atoms with Gasteiger partial charge in [-0.15, -0.1) is 5.10 Å². The van der Waals surface area contributed by atoms with E-state index in [0.29, 0.717) is 19.5 Å². The molecule has 1 heterocycles. The number of aliphatic hydroxyl groups excluding tert-OH is 1. The van der Waals surface area contributed by atoms with Crippen molar-refractivity contribution in [3.05, 3.63) is 11.4 Å². The predicted molar refractivity (Wildman–Crippen MR) is 48.9 cm³/mol. The summed E-state index contributed by atoms with van der Waals surface area (Å²) in [5, 5.41) is 16.9. The van der Waals surface area contributed by atoms with Crippen LogP contribution in [0.1, 0.15) is 24.7 Å². The van der Waals surface area contributed by atoms with Gasteiger partial charge in [0, 0.05) is 13.1 Å². The molecule has 13 heavy (non-hydrogen) atoms. The maximum atomic E-state index is 9.08. The number of aromatic nitrogens is 3. The third kappa shape index (κ3) is 2.50. The molecule has 0 fully saturated rings. The minimum atomic E-state index is -0.301. The molecule has 74 valence electrons. The van der Waals surface area contributed by atoms with E-state index in [4.69, 9.17) is 10.8 Å². The summed E-state index contributed by atoms with van der Waals surface area (Å²) in [5.41, 5.74) is 7.27. The van der Waals surface area contributed by atoms with Crippen LogP contribution in [0.2, 0.25) is 0 Å². The summed E-state index contributed by atoms with van der Waals surface area (Å²) in [4.78, 5) is 0. The van der Waals surface area contributed by atoms with Crippen LogP contribution in [0.5, 0.6) is 0 Å². The molecule has 1 unspecified atom stereocenters. The van der Waals surface area contributed by atoms with Gasteiger partial charge in [-0.25, -0.2) is 4.68 Å². The Kier molecular flexibility index (Phi) is 3.39. The van der Waals surface area contributed by atoms with Gasteiger partial charge in [-0.1, -0.05) is 5.21 Å². The number of aliphatic hydroxyl groups is 1. The van der Waals surface area contributed by atoms with Crippen molar-refractivity contribution < 1.29 is 5.11 Å². The Hall–Kier alpha value is -0.940. The van der Waals surface area contributed by atoms with Crippen molar-refractivity contribution in [3.63, 3.8) is 0 Å². The van der Waals surface area contributed by atoms with Gasteiger partial charge in [-0.2, -0.15) is 0 Å². The number of nitrogens with zero attached hydrogens (tertiary/aromatic N) is 3. The molecule has 0 aliphatic heterocycles. The second-order valence-corrected chi connectivity index (χ2v) is 3.19. The quantitative estimate of drug-likeness (QED) is 0.680. The van der Waals surface area contributed by atoms with Gasteiger partial charge in [0.2, 0.25) is 0 Å². The van der Waals surface area contributed by atoms with Gasteiger partial charge in [-0.05, 0) is 20.3 Å². The SMILES string of the molecule is Cc1c(CN)nnn1CCC(C)O. The summed E-state index contributed by atoms with van der Waals surface area (Å²) in [6.07, 6.45) is 0.388. The Bertz CT molecular complexity index is 269. The van der Waals surface area contributed by atoms with Crippen molar-refractivity contribution in [2.75, 3.05) is 0 Å². The average Bonchev–Trinajstić information content (AvgIpc) is 2.43. The van der Waals surface area contributed by atoms with E-state index in [0.717, 1.165) is 11.4 Å². The molecule has 1 atom stereocenters. The molecule has 0 saturated carbocycles. The van der Waals surface area contributed by atoms with Crippen molar-refractivity contribution >= 4 is 0 Å². The fourth-order valence-electron chi connectivity index (χ4n) is 1.11. The molecule has 1 aromatic rings. The second-order valence-electron chi connectivity index (χ2n) is 3.19. The maximum absolute atomic E-state index is 9.08. The molecule has 5 heteroatoms. The number of nitrogens with two attached hydrogens (primary N) is 1. The average molecular weight is 184 g/mol. The van der Waals surface area contributed by atoms with Gasteiger partial charge in [-0.3, -0.25) is 0 Å². The highest BCUT2D eigenvalue weighted by molar-refractivity contribution is 5.06. The van der Waals surface area contributed by atoms with E-state index in [-0.39, 0.29) is 6.10 Å². The van der Waals surface area contributed by atoms with E-state index in [9.17, 15) is 0 Å². The van der Waals surface area contributed by atoms with Crippen molar-refractivity contribution in [2.24, 2.45) is 5.73 Å². The lowest BCUT2D eigenvalue weighted by atomic mass is 10.3. The van der Waals surface area contributed by atoms with E-state index in [1.165, 1.54) is 0 Å². The van der Waals surface area contributed by atoms with E-state index >= 15 is 0 Å². The lowest BCUT2D eigenvalue weighted by Crippen LogP contribution is -2.10. The fraction of sp³-hybridized carbons (Fsp3) is 0.750. The Labute approximate surface area is 77.6 Å². The summed E-state index contributed by atoms with van der Waals surface area (Å²) < 4.78 is 1.77. The monoisotopic (exact) mass is 184 g/mol. The molecule has 3 N–H and O–H groups in total. The lowest BCUT2D eigenvalue weighted by molar-refractivity contribution is 0.175. The van der Waals surface area contributed by atoms with Gasteiger partial charge < -0.3 is 10.8 Å². The number of hydrogen-bond donors (Lipinski definition) is 2. The van der Waals surface area contributed by atoms with Crippen molar-refractivity contribution in [1.29, 1.82) is 0 Å². The van der Waals surface area contributed by atoms with Crippen LogP contribution in [0.3, 0.4) is 0 Å². The topological polar surface area (TPSA) is 77.0 Å². The van der Waals surface area contributed by atoms with Gasteiger partial charge in [0.1, 0.15) is 0 Å². The molecule has 0 saturated heterocycles. The van der Waals surface area contributed by atoms with Crippen LogP contribution in [-0.4, -0.2) is 26.2 Å². The molecule has 0 amide bonds. The molecule has 1 rings (SSSR count). The third-order valence-corrected chi connectivity index (χ3v) is 2.03. The zero-order valence-corrected chi connectivity index (χ0v) is 8.06. The first-order valence-electron chi connectivity index (χ1n) is 4.42. The summed E-state index contributed by atoms with van der Waals surface area (Å²) in [6.45, 7) is 4.80. The molecular weight excluding hydrogens is 168 g/mol. The molecule has 0 radical (unpaired) electrons. The molecule has 0 aliphatic carbocycles. The van der Waals surface area contributed by atoms with Crippen molar-refractivity contribution in [3.8, 4) is 0 Å². The zero-order valence-electron chi connectivity index (χ0n) is 8.06. The molecule has 0 aromatic carbocycles. The van der Waals surface area contributed by atoms with Gasteiger partial charge in [0.05, 0.1) is 17.5 Å². The minimum Gasteiger partial charge on any atom is -0.393 e. The van der Waals surface area contributed by atoms with Crippen LogP contribution in [0, 0.1) is 6.92 Å². The third-order valence-electron chi connectivity index (χ3n) is 2.03. The zero-order chi connectivity index (χ0) is 9.84. The first-order valence-corrected chi connectivity index (χ1v) is 4.42. The highest BCUT2D eigenvalue weighted by atomic mass is 16.3. The fourth-order valence-corrected chi connectivity index (χ4v) is 1.11. The highest BCUT2D eigenvalue weighted by Gasteiger charge is 2.06. The number of hydrogen-bond acceptors (Lipinski definition) is 4. The van der Waals surface area contributed by atoms with E-state index < -0.39 is 0 Å². The van der Waals surface area contributed by atoms with Crippen LogP contribution in [0.25, 0.3) is 0 Å². The molecule has 0 aliphatic rings. The molecular formula is C8H16N4O. The molecule has 1 aromatic heterocycles. The first kappa shape index (κ1) is 10.1. The summed E-state index contributed by atoms with van der Waals surface area (Å²) in [7, 11) is 0. The second kappa shape index (κ2) is 4.34. The summed E-state index contributed by atoms with van der Waals surface area (Å²) in [6, 6.07) is 0. The summed E-state index contributed by atoms with van der Waals surface area (Å²) >= 11 is 0. The van der Waals surface area contributed by atoms with Crippen LogP contribution in [0.4, 0.5) is 0 Å². The van der Waals surface area contributed by atoms with Crippen LogP contribution in [0.15, 0.2) is 0 Å². The van der Waals surface area contributed by atoms with E-state index in [1.807, 2.05) is 6.92 Å².